The van der Waals surface area contributed by atoms with Crippen LogP contribution in [0.3, 0.4) is 0 Å². The largest absolute Gasteiger partial charge is 0.467 e. The minimum atomic E-state index is 0.0476. The Morgan fingerprint density at radius 2 is 1.91 bits per heavy atom. The van der Waals surface area contributed by atoms with Crippen LogP contribution in [-0.2, 0) is 12.0 Å². The Hall–Kier alpha value is -1.91. The number of hydrogen-bond donors (Lipinski definition) is 1. The summed E-state index contributed by atoms with van der Waals surface area (Å²) in [5.74, 6) is 0.928. The van der Waals surface area contributed by atoms with Crippen molar-refractivity contribution in [3.63, 3.8) is 0 Å². The zero-order chi connectivity index (χ0) is 16.3. The first-order valence-corrected chi connectivity index (χ1v) is 8.62. The molecule has 3 nitrogen and oxygen atoms in total. The Morgan fingerprint density at radius 3 is 2.52 bits per heavy atom. The number of hydrogen-bond acceptors (Lipinski definition) is 4. The summed E-state index contributed by atoms with van der Waals surface area (Å²) in [6.07, 6.45) is 3.69. The molecule has 0 saturated heterocycles. The minimum Gasteiger partial charge on any atom is -0.467 e. The Morgan fingerprint density at radius 1 is 1.13 bits per heavy atom. The van der Waals surface area contributed by atoms with Crippen LogP contribution in [0.1, 0.15) is 48.0 Å². The molecule has 3 aromatic rings. The van der Waals surface area contributed by atoms with E-state index in [9.17, 15) is 0 Å². The fourth-order valence-electron chi connectivity index (χ4n) is 2.42. The third kappa shape index (κ3) is 3.89. The van der Waals surface area contributed by atoms with Crippen molar-refractivity contribution in [3.05, 3.63) is 76.1 Å². The highest BCUT2D eigenvalue weighted by Crippen LogP contribution is 2.28. The maximum absolute atomic E-state index is 5.62. The van der Waals surface area contributed by atoms with Crippen LogP contribution in [-0.4, -0.2) is 4.98 Å². The molecule has 1 aromatic carbocycles. The summed E-state index contributed by atoms with van der Waals surface area (Å²) in [5.41, 5.74) is 1.30. The number of rotatable bonds is 5. The zero-order valence-electron chi connectivity index (χ0n) is 13.7. The summed E-state index contributed by atoms with van der Waals surface area (Å²) in [6, 6.07) is 14.4. The van der Waals surface area contributed by atoms with E-state index in [1.165, 1.54) is 15.4 Å². The normalized spacial score (nSPS) is 13.2. The van der Waals surface area contributed by atoms with Gasteiger partial charge in [-0.3, -0.25) is 5.32 Å². The third-order valence-electron chi connectivity index (χ3n) is 3.64. The van der Waals surface area contributed by atoms with Crippen molar-refractivity contribution in [2.24, 2.45) is 0 Å². The van der Waals surface area contributed by atoms with Crippen molar-refractivity contribution >= 4 is 11.3 Å². The van der Waals surface area contributed by atoms with Gasteiger partial charge in [-0.2, -0.15) is 0 Å². The van der Waals surface area contributed by atoms with Gasteiger partial charge in [-0.15, -0.1) is 11.3 Å². The van der Waals surface area contributed by atoms with Crippen molar-refractivity contribution in [3.8, 4) is 0 Å². The Bertz CT molecular complexity index is 726. The predicted octanol–water partition coefficient (Wildman–Crippen LogP) is 4.91. The van der Waals surface area contributed by atoms with Gasteiger partial charge in [0.2, 0.25) is 0 Å². The van der Waals surface area contributed by atoms with Crippen molar-refractivity contribution in [1.82, 2.24) is 10.3 Å². The molecule has 2 aromatic heterocycles. The van der Waals surface area contributed by atoms with E-state index in [2.05, 4.69) is 55.3 Å². The second-order valence-electron chi connectivity index (χ2n) is 6.62. The Balaban J connectivity index is 1.76. The summed E-state index contributed by atoms with van der Waals surface area (Å²) < 4.78 is 5.62. The average molecular weight is 326 g/mol. The van der Waals surface area contributed by atoms with Gasteiger partial charge in [0.25, 0.3) is 0 Å². The summed E-state index contributed by atoms with van der Waals surface area (Å²) in [7, 11) is 0. The number of furan rings is 1. The van der Waals surface area contributed by atoms with Crippen LogP contribution in [0.4, 0.5) is 0 Å². The minimum absolute atomic E-state index is 0.0476. The number of thiazole rings is 1. The molecule has 0 aliphatic rings. The van der Waals surface area contributed by atoms with Crippen LogP contribution in [0.15, 0.2) is 59.3 Å². The monoisotopic (exact) mass is 326 g/mol. The van der Waals surface area contributed by atoms with Crippen molar-refractivity contribution < 1.29 is 4.42 Å². The molecular weight excluding hydrogens is 304 g/mol. The lowest BCUT2D eigenvalue weighted by Gasteiger charge is -2.17. The van der Waals surface area contributed by atoms with Crippen LogP contribution in [0.25, 0.3) is 0 Å². The predicted molar refractivity (Wildman–Crippen MR) is 94.6 cm³/mol. The molecule has 0 bridgehead atoms. The summed E-state index contributed by atoms with van der Waals surface area (Å²) in [6.45, 7) is 7.35. The number of aromatic nitrogens is 1. The first kappa shape index (κ1) is 16.0. The summed E-state index contributed by atoms with van der Waals surface area (Å²) in [5, 5.41) is 4.77. The van der Waals surface area contributed by atoms with Crippen LogP contribution < -0.4 is 5.32 Å². The topological polar surface area (TPSA) is 38.1 Å². The first-order valence-electron chi connectivity index (χ1n) is 7.81. The molecule has 1 unspecified atom stereocenters. The molecule has 120 valence electrons. The van der Waals surface area contributed by atoms with E-state index >= 15 is 0 Å². The summed E-state index contributed by atoms with van der Waals surface area (Å²) >= 11 is 1.77. The molecule has 0 aliphatic carbocycles. The Kier molecular flexibility index (Phi) is 4.64. The molecule has 23 heavy (non-hydrogen) atoms. The van der Waals surface area contributed by atoms with E-state index in [0.29, 0.717) is 0 Å². The molecule has 0 saturated carbocycles. The maximum atomic E-state index is 5.62. The van der Waals surface area contributed by atoms with Crippen molar-refractivity contribution in [2.75, 3.05) is 0 Å². The van der Waals surface area contributed by atoms with E-state index in [4.69, 9.17) is 4.42 Å². The molecule has 0 amide bonds. The van der Waals surface area contributed by atoms with Gasteiger partial charge in [-0.1, -0.05) is 51.1 Å². The van der Waals surface area contributed by atoms with Crippen LogP contribution in [0.2, 0.25) is 0 Å². The highest BCUT2D eigenvalue weighted by atomic mass is 32.1. The van der Waals surface area contributed by atoms with Gasteiger partial charge < -0.3 is 4.42 Å². The number of nitrogens with zero attached hydrogens (tertiary/aromatic N) is 1. The highest BCUT2D eigenvalue weighted by molar-refractivity contribution is 7.11. The molecule has 0 radical (unpaired) electrons. The van der Waals surface area contributed by atoms with Crippen LogP contribution in [0, 0.1) is 0 Å². The summed E-state index contributed by atoms with van der Waals surface area (Å²) in [4.78, 5) is 5.79. The SMILES string of the molecule is CC(C)(C)c1ncc(CNC(c2ccccc2)c2ccco2)s1. The molecule has 2 heterocycles. The van der Waals surface area contributed by atoms with Gasteiger partial charge in [0, 0.05) is 23.0 Å². The zero-order valence-corrected chi connectivity index (χ0v) is 14.6. The lowest BCUT2D eigenvalue weighted by molar-refractivity contribution is 0.446. The number of benzene rings is 1. The lowest BCUT2D eigenvalue weighted by Crippen LogP contribution is -2.21. The molecule has 4 heteroatoms. The standard InChI is InChI=1S/C19H22N2OS/c1-19(2,3)18-21-13-15(23-18)12-20-17(16-10-7-11-22-16)14-8-5-4-6-9-14/h4-11,13,17,20H,12H2,1-3H3. The number of nitrogens with one attached hydrogen (secondary N) is 1. The molecule has 1 N–H and O–H groups in total. The molecule has 0 fully saturated rings. The van der Waals surface area contributed by atoms with E-state index in [1.54, 1.807) is 17.6 Å². The molecule has 0 spiro atoms. The third-order valence-corrected chi connectivity index (χ3v) is 5.06. The van der Waals surface area contributed by atoms with Crippen LogP contribution >= 0.6 is 11.3 Å². The van der Waals surface area contributed by atoms with E-state index in [1.807, 2.05) is 24.4 Å². The van der Waals surface area contributed by atoms with Gasteiger partial charge in [0.1, 0.15) is 5.76 Å². The average Bonchev–Trinajstić information content (AvgIpc) is 3.19. The second kappa shape index (κ2) is 6.69. The molecule has 1 atom stereocenters. The van der Waals surface area contributed by atoms with Crippen LogP contribution in [0.5, 0.6) is 0 Å². The van der Waals surface area contributed by atoms with Gasteiger partial charge in [0.05, 0.1) is 17.3 Å². The first-order chi connectivity index (χ1) is 11.0. The molecular formula is C19H22N2OS. The fourth-order valence-corrected chi connectivity index (χ4v) is 3.34. The highest BCUT2D eigenvalue weighted by Gasteiger charge is 2.20. The second-order valence-corrected chi connectivity index (χ2v) is 7.74. The fraction of sp³-hybridized carbons (Fsp3) is 0.316. The Labute approximate surface area is 141 Å². The van der Waals surface area contributed by atoms with Gasteiger partial charge >= 0.3 is 0 Å². The van der Waals surface area contributed by atoms with Gasteiger partial charge in [0.15, 0.2) is 0 Å². The maximum Gasteiger partial charge on any atom is 0.125 e. The van der Waals surface area contributed by atoms with Crippen molar-refractivity contribution in [1.29, 1.82) is 0 Å². The molecule has 0 aliphatic heterocycles. The van der Waals surface area contributed by atoms with E-state index in [0.717, 1.165) is 12.3 Å². The lowest BCUT2D eigenvalue weighted by atomic mass is 9.98. The van der Waals surface area contributed by atoms with Crippen molar-refractivity contribution in [2.45, 2.75) is 38.8 Å². The van der Waals surface area contributed by atoms with Gasteiger partial charge in [-0.05, 0) is 17.7 Å². The molecule has 3 rings (SSSR count). The smallest absolute Gasteiger partial charge is 0.125 e. The van der Waals surface area contributed by atoms with E-state index in [-0.39, 0.29) is 11.5 Å². The van der Waals surface area contributed by atoms with Gasteiger partial charge in [-0.25, -0.2) is 4.98 Å². The van der Waals surface area contributed by atoms with E-state index < -0.39 is 0 Å². The quantitative estimate of drug-likeness (QED) is 0.723.